The van der Waals surface area contributed by atoms with Gasteiger partial charge in [0.25, 0.3) is 0 Å². The minimum Gasteiger partial charge on any atom is -0.508 e. The summed E-state index contributed by atoms with van der Waals surface area (Å²) in [7, 11) is 0. The van der Waals surface area contributed by atoms with Gasteiger partial charge in [0.15, 0.2) is 5.76 Å². The van der Waals surface area contributed by atoms with Gasteiger partial charge >= 0.3 is 0 Å². The van der Waals surface area contributed by atoms with Crippen molar-refractivity contribution >= 4 is 0 Å². The molecule has 76 valence electrons. The van der Waals surface area contributed by atoms with Crippen molar-refractivity contribution in [2.45, 2.75) is 0 Å². The lowest BCUT2D eigenvalue weighted by Gasteiger charge is -2.02. The Morgan fingerprint density at radius 3 is 2.67 bits per heavy atom. The van der Waals surface area contributed by atoms with Crippen LogP contribution in [0.3, 0.4) is 0 Å². The second kappa shape index (κ2) is 3.49. The van der Waals surface area contributed by atoms with Gasteiger partial charge in [0.2, 0.25) is 11.2 Å². The number of phenolic OH excluding ortho intramolecular Hbond substituents is 1. The topological polar surface area (TPSA) is 70.7 Å². The van der Waals surface area contributed by atoms with E-state index in [1.165, 1.54) is 18.4 Å². The Kier molecular flexibility index (Phi) is 2.17. The molecule has 0 saturated heterocycles. The second-order valence-electron chi connectivity index (χ2n) is 3.01. The Labute approximate surface area is 85.0 Å². The summed E-state index contributed by atoms with van der Waals surface area (Å²) in [4.78, 5) is 11.1. The summed E-state index contributed by atoms with van der Waals surface area (Å²) in [6.45, 7) is 0. The van der Waals surface area contributed by atoms with Crippen molar-refractivity contribution in [1.29, 1.82) is 0 Å². The molecule has 0 amide bonds. The smallest absolute Gasteiger partial charge is 0.227 e. The summed E-state index contributed by atoms with van der Waals surface area (Å²) in [6.07, 6.45) is 1.20. The Balaban J connectivity index is 2.64. The summed E-state index contributed by atoms with van der Waals surface area (Å²) in [5.41, 5.74) is -0.0650. The molecule has 0 aliphatic rings. The van der Waals surface area contributed by atoms with Gasteiger partial charge in [-0.1, -0.05) is 12.1 Å². The first-order chi connectivity index (χ1) is 7.18. The van der Waals surface area contributed by atoms with Gasteiger partial charge in [0.05, 0.1) is 6.26 Å². The van der Waals surface area contributed by atoms with E-state index in [9.17, 15) is 15.0 Å². The first kappa shape index (κ1) is 9.33. The number of hydrogen-bond acceptors (Lipinski definition) is 4. The Morgan fingerprint density at radius 1 is 1.13 bits per heavy atom. The summed E-state index contributed by atoms with van der Waals surface area (Å²) >= 11 is 0. The van der Waals surface area contributed by atoms with E-state index in [1.807, 2.05) is 0 Å². The molecule has 2 aromatic rings. The molecule has 0 spiro atoms. The Morgan fingerprint density at radius 2 is 1.93 bits per heavy atom. The van der Waals surface area contributed by atoms with E-state index in [0.717, 1.165) is 6.07 Å². The number of phenols is 1. The van der Waals surface area contributed by atoms with Crippen LogP contribution in [0.5, 0.6) is 11.5 Å². The van der Waals surface area contributed by atoms with Gasteiger partial charge in [-0.25, -0.2) is 0 Å². The molecule has 2 N–H and O–H groups in total. The molecule has 2 rings (SSSR count). The van der Waals surface area contributed by atoms with Crippen LogP contribution in [0.25, 0.3) is 11.3 Å². The van der Waals surface area contributed by atoms with E-state index in [-0.39, 0.29) is 11.5 Å². The fraction of sp³-hybridized carbons (Fsp3) is 0. The van der Waals surface area contributed by atoms with Crippen molar-refractivity contribution in [3.63, 3.8) is 0 Å². The van der Waals surface area contributed by atoms with Gasteiger partial charge in [-0.3, -0.25) is 4.79 Å². The molecular formula is C11H8O4. The highest BCUT2D eigenvalue weighted by atomic mass is 16.4. The van der Waals surface area contributed by atoms with Gasteiger partial charge < -0.3 is 14.6 Å². The number of benzene rings is 1. The fourth-order valence-electron chi connectivity index (χ4n) is 1.26. The van der Waals surface area contributed by atoms with Gasteiger partial charge in [-0.15, -0.1) is 0 Å². The monoisotopic (exact) mass is 204 g/mol. The van der Waals surface area contributed by atoms with E-state index >= 15 is 0 Å². The molecule has 0 saturated carbocycles. The molecule has 0 bridgehead atoms. The maximum Gasteiger partial charge on any atom is 0.227 e. The quantitative estimate of drug-likeness (QED) is 0.741. The van der Waals surface area contributed by atoms with E-state index < -0.39 is 11.2 Å². The maximum atomic E-state index is 11.1. The van der Waals surface area contributed by atoms with E-state index in [4.69, 9.17) is 4.42 Å². The first-order valence-corrected chi connectivity index (χ1v) is 4.28. The fourth-order valence-corrected chi connectivity index (χ4v) is 1.26. The zero-order valence-corrected chi connectivity index (χ0v) is 7.68. The average molecular weight is 204 g/mol. The zero-order chi connectivity index (χ0) is 10.8. The summed E-state index contributed by atoms with van der Waals surface area (Å²) < 4.78 is 5.02. The Bertz CT molecular complexity index is 542. The van der Waals surface area contributed by atoms with Crippen molar-refractivity contribution in [2.24, 2.45) is 0 Å². The largest absolute Gasteiger partial charge is 0.508 e. The number of aromatic hydroxyl groups is 2. The van der Waals surface area contributed by atoms with Crippen LogP contribution in [0.2, 0.25) is 0 Å². The third kappa shape index (κ3) is 1.69. The van der Waals surface area contributed by atoms with E-state index in [2.05, 4.69) is 0 Å². The molecule has 0 aliphatic carbocycles. The minimum atomic E-state index is -0.514. The molecule has 0 unspecified atom stereocenters. The standard InChI is InChI=1S/C11H8O4/c12-8-3-1-2-7(6-8)11-10(14)9(13)4-5-15-11/h1-6,12,14H. The average Bonchev–Trinajstić information content (AvgIpc) is 2.22. The molecule has 1 aromatic carbocycles. The van der Waals surface area contributed by atoms with Crippen LogP contribution in [-0.4, -0.2) is 10.2 Å². The lowest BCUT2D eigenvalue weighted by atomic mass is 10.1. The Hall–Kier alpha value is -2.23. The van der Waals surface area contributed by atoms with Crippen LogP contribution in [0, 0.1) is 0 Å². The van der Waals surface area contributed by atoms with Crippen molar-refractivity contribution in [2.75, 3.05) is 0 Å². The molecule has 1 heterocycles. The molecular weight excluding hydrogens is 196 g/mol. The van der Waals surface area contributed by atoms with Crippen LogP contribution in [0.1, 0.15) is 0 Å². The zero-order valence-electron chi connectivity index (χ0n) is 7.68. The second-order valence-corrected chi connectivity index (χ2v) is 3.01. The highest BCUT2D eigenvalue weighted by Gasteiger charge is 2.09. The molecule has 0 fully saturated rings. The minimum absolute atomic E-state index is 0.0402. The lowest BCUT2D eigenvalue weighted by Crippen LogP contribution is -1.98. The third-order valence-corrected chi connectivity index (χ3v) is 1.96. The summed E-state index contributed by atoms with van der Waals surface area (Å²) in [5, 5.41) is 18.7. The van der Waals surface area contributed by atoms with Crippen LogP contribution in [-0.2, 0) is 0 Å². The van der Waals surface area contributed by atoms with Gasteiger partial charge in [0, 0.05) is 11.6 Å². The van der Waals surface area contributed by atoms with Crippen molar-refractivity contribution in [1.82, 2.24) is 0 Å². The molecule has 0 radical (unpaired) electrons. The predicted octanol–water partition coefficient (Wildman–Crippen LogP) is 1.72. The van der Waals surface area contributed by atoms with Gasteiger partial charge in [-0.05, 0) is 12.1 Å². The third-order valence-electron chi connectivity index (χ3n) is 1.96. The highest BCUT2D eigenvalue weighted by Crippen LogP contribution is 2.27. The molecule has 0 aliphatic heterocycles. The van der Waals surface area contributed by atoms with Crippen LogP contribution in [0.15, 0.2) is 45.8 Å². The normalized spacial score (nSPS) is 10.1. The van der Waals surface area contributed by atoms with Crippen LogP contribution >= 0.6 is 0 Å². The van der Waals surface area contributed by atoms with Crippen molar-refractivity contribution < 1.29 is 14.6 Å². The van der Waals surface area contributed by atoms with Crippen molar-refractivity contribution in [3.8, 4) is 22.8 Å². The SMILES string of the molecule is O=c1ccoc(-c2cccc(O)c2)c1O. The lowest BCUT2D eigenvalue weighted by molar-refractivity contribution is 0.437. The van der Waals surface area contributed by atoms with Crippen LogP contribution in [0.4, 0.5) is 0 Å². The molecule has 15 heavy (non-hydrogen) atoms. The highest BCUT2D eigenvalue weighted by molar-refractivity contribution is 5.64. The predicted molar refractivity (Wildman–Crippen MR) is 53.7 cm³/mol. The molecule has 4 nitrogen and oxygen atoms in total. The van der Waals surface area contributed by atoms with E-state index in [0.29, 0.717) is 5.56 Å². The maximum absolute atomic E-state index is 11.1. The van der Waals surface area contributed by atoms with E-state index in [1.54, 1.807) is 12.1 Å². The van der Waals surface area contributed by atoms with Crippen molar-refractivity contribution in [3.05, 3.63) is 46.8 Å². The molecule has 0 atom stereocenters. The number of rotatable bonds is 1. The molecule has 4 heteroatoms. The summed E-state index contributed by atoms with van der Waals surface area (Å²) in [5.74, 6) is -0.361. The summed E-state index contributed by atoms with van der Waals surface area (Å²) in [6, 6.07) is 7.23. The number of hydrogen-bond donors (Lipinski definition) is 2. The van der Waals surface area contributed by atoms with Crippen LogP contribution < -0.4 is 5.43 Å². The van der Waals surface area contributed by atoms with Gasteiger partial charge in [-0.2, -0.15) is 0 Å². The van der Waals surface area contributed by atoms with Gasteiger partial charge in [0.1, 0.15) is 5.75 Å². The molecule has 1 aromatic heterocycles. The first-order valence-electron chi connectivity index (χ1n) is 4.28.